The highest BCUT2D eigenvalue weighted by Crippen LogP contribution is 2.27. The zero-order chi connectivity index (χ0) is 19.2. The molecule has 0 atom stereocenters. The molecular formula is C18H15N3O4S2. The summed E-state index contributed by atoms with van der Waals surface area (Å²) in [4.78, 5) is 39.5. The number of aliphatic carboxylic acids is 1. The molecule has 0 radical (unpaired) electrons. The van der Waals surface area contributed by atoms with Crippen LogP contribution in [0, 0.1) is 0 Å². The van der Waals surface area contributed by atoms with Crippen molar-refractivity contribution in [1.82, 2.24) is 10.3 Å². The number of rotatable bonds is 7. The first-order valence-electron chi connectivity index (χ1n) is 7.93. The molecule has 0 aliphatic heterocycles. The smallest absolute Gasteiger partial charge is 0.305 e. The molecule has 0 aliphatic carbocycles. The fourth-order valence-corrected chi connectivity index (χ4v) is 3.70. The van der Waals surface area contributed by atoms with Crippen molar-refractivity contribution in [2.24, 2.45) is 0 Å². The van der Waals surface area contributed by atoms with E-state index in [1.807, 2.05) is 16.8 Å². The Kier molecular flexibility index (Phi) is 5.94. The molecule has 7 nitrogen and oxygen atoms in total. The summed E-state index contributed by atoms with van der Waals surface area (Å²) in [6, 6.07) is 8.31. The molecule has 0 fully saturated rings. The summed E-state index contributed by atoms with van der Waals surface area (Å²) in [5.41, 5.74) is 1.92. The lowest BCUT2D eigenvalue weighted by atomic mass is 10.2. The summed E-state index contributed by atoms with van der Waals surface area (Å²) in [5, 5.41) is 18.6. The molecule has 138 valence electrons. The second kappa shape index (κ2) is 8.56. The molecule has 2 aromatic heterocycles. The molecular weight excluding hydrogens is 386 g/mol. The van der Waals surface area contributed by atoms with Gasteiger partial charge in [0, 0.05) is 28.7 Å². The standard InChI is InChI=1S/C18H15N3O4S2/c22-15(23)5-7-19-16(24)11-1-3-13(4-2-11)21-17(25)14-9-20-18(27-14)12-6-8-26-10-12/h1-4,6,8-10H,5,7H2,(H,19,24)(H,21,25)(H,22,23). The Morgan fingerprint density at radius 1 is 1.07 bits per heavy atom. The second-order valence-electron chi connectivity index (χ2n) is 5.47. The van der Waals surface area contributed by atoms with Crippen molar-refractivity contribution < 1.29 is 19.5 Å². The predicted octanol–water partition coefficient (Wildman–Crippen LogP) is 3.33. The zero-order valence-corrected chi connectivity index (χ0v) is 15.6. The van der Waals surface area contributed by atoms with Crippen LogP contribution in [0.25, 0.3) is 10.6 Å². The Morgan fingerprint density at radius 3 is 2.52 bits per heavy atom. The summed E-state index contributed by atoms with van der Waals surface area (Å²) in [5.74, 6) is -1.61. The van der Waals surface area contributed by atoms with Crippen molar-refractivity contribution in [3.8, 4) is 10.6 Å². The topological polar surface area (TPSA) is 108 Å². The van der Waals surface area contributed by atoms with Crippen molar-refractivity contribution in [2.75, 3.05) is 11.9 Å². The van der Waals surface area contributed by atoms with Gasteiger partial charge < -0.3 is 15.7 Å². The minimum absolute atomic E-state index is 0.0600. The van der Waals surface area contributed by atoms with Gasteiger partial charge in [-0.1, -0.05) is 0 Å². The molecule has 0 saturated carbocycles. The van der Waals surface area contributed by atoms with Gasteiger partial charge in [0.2, 0.25) is 0 Å². The normalized spacial score (nSPS) is 10.4. The maximum Gasteiger partial charge on any atom is 0.305 e. The summed E-state index contributed by atoms with van der Waals surface area (Å²) in [7, 11) is 0. The number of hydrogen-bond acceptors (Lipinski definition) is 6. The number of carboxylic acids is 1. The van der Waals surface area contributed by atoms with Crippen LogP contribution in [0.15, 0.2) is 47.3 Å². The lowest BCUT2D eigenvalue weighted by Crippen LogP contribution is -2.25. The Bertz CT molecular complexity index is 949. The largest absolute Gasteiger partial charge is 0.481 e. The molecule has 3 rings (SSSR count). The number of nitrogens with zero attached hydrogens (tertiary/aromatic N) is 1. The van der Waals surface area contributed by atoms with Crippen molar-refractivity contribution in [2.45, 2.75) is 6.42 Å². The number of amides is 2. The van der Waals surface area contributed by atoms with Crippen molar-refractivity contribution >= 4 is 46.1 Å². The van der Waals surface area contributed by atoms with Crippen LogP contribution in [-0.4, -0.2) is 34.4 Å². The van der Waals surface area contributed by atoms with E-state index >= 15 is 0 Å². The van der Waals surface area contributed by atoms with Crippen LogP contribution in [0.3, 0.4) is 0 Å². The van der Waals surface area contributed by atoms with Crippen LogP contribution in [0.4, 0.5) is 5.69 Å². The van der Waals surface area contributed by atoms with Gasteiger partial charge in [-0.3, -0.25) is 14.4 Å². The SMILES string of the molecule is O=C(O)CCNC(=O)c1ccc(NC(=O)c2cnc(-c3ccsc3)s2)cc1. The van der Waals surface area contributed by atoms with Crippen molar-refractivity contribution in [1.29, 1.82) is 0 Å². The van der Waals surface area contributed by atoms with E-state index in [9.17, 15) is 14.4 Å². The third-order valence-corrected chi connectivity index (χ3v) is 5.26. The highest BCUT2D eigenvalue weighted by Gasteiger charge is 2.13. The maximum atomic E-state index is 12.3. The average molecular weight is 401 g/mol. The van der Waals surface area contributed by atoms with Gasteiger partial charge >= 0.3 is 5.97 Å². The van der Waals surface area contributed by atoms with Gasteiger partial charge in [0.05, 0.1) is 12.6 Å². The third-order valence-electron chi connectivity index (χ3n) is 3.53. The number of thiazole rings is 1. The Labute approximate surface area is 162 Å². The van der Waals surface area contributed by atoms with Crippen LogP contribution in [0.5, 0.6) is 0 Å². The fourth-order valence-electron chi connectivity index (χ4n) is 2.18. The molecule has 2 amide bonds. The lowest BCUT2D eigenvalue weighted by molar-refractivity contribution is -0.136. The summed E-state index contributed by atoms with van der Waals surface area (Å²) in [6.45, 7) is 0.0600. The van der Waals surface area contributed by atoms with E-state index in [1.165, 1.54) is 17.5 Å². The highest BCUT2D eigenvalue weighted by atomic mass is 32.1. The monoisotopic (exact) mass is 401 g/mol. The van der Waals surface area contributed by atoms with Gasteiger partial charge in [0.25, 0.3) is 11.8 Å². The van der Waals surface area contributed by atoms with E-state index in [0.29, 0.717) is 16.1 Å². The van der Waals surface area contributed by atoms with E-state index < -0.39 is 5.97 Å². The predicted molar refractivity (Wildman–Crippen MR) is 104 cm³/mol. The number of carboxylic acid groups (broad SMARTS) is 1. The number of thiophene rings is 1. The molecule has 3 aromatic rings. The van der Waals surface area contributed by atoms with E-state index in [0.717, 1.165) is 10.6 Å². The Hall–Kier alpha value is -3.04. The summed E-state index contributed by atoms with van der Waals surface area (Å²) < 4.78 is 0. The van der Waals surface area contributed by atoms with Gasteiger partial charge in [0.1, 0.15) is 9.88 Å². The van der Waals surface area contributed by atoms with Crippen LogP contribution in [0.1, 0.15) is 26.5 Å². The number of benzene rings is 1. The summed E-state index contributed by atoms with van der Waals surface area (Å²) >= 11 is 2.88. The summed E-state index contributed by atoms with van der Waals surface area (Å²) in [6.07, 6.45) is 1.40. The number of carbonyl (C=O) groups is 3. The van der Waals surface area contributed by atoms with Gasteiger partial charge in [-0.2, -0.15) is 11.3 Å². The van der Waals surface area contributed by atoms with Crippen molar-refractivity contribution in [3.05, 3.63) is 57.7 Å². The minimum Gasteiger partial charge on any atom is -0.481 e. The number of aromatic nitrogens is 1. The molecule has 0 spiro atoms. The van der Waals surface area contributed by atoms with Gasteiger partial charge in [-0.15, -0.1) is 11.3 Å². The average Bonchev–Trinajstić information content (AvgIpc) is 3.33. The first-order chi connectivity index (χ1) is 13.0. The van der Waals surface area contributed by atoms with E-state index in [1.54, 1.807) is 35.6 Å². The Morgan fingerprint density at radius 2 is 1.85 bits per heavy atom. The molecule has 9 heteroatoms. The van der Waals surface area contributed by atoms with Crippen molar-refractivity contribution in [3.63, 3.8) is 0 Å². The molecule has 0 bridgehead atoms. The van der Waals surface area contributed by atoms with Crippen LogP contribution in [0.2, 0.25) is 0 Å². The van der Waals surface area contributed by atoms with Crippen LogP contribution < -0.4 is 10.6 Å². The van der Waals surface area contributed by atoms with Gasteiger partial charge in [-0.05, 0) is 35.7 Å². The third kappa shape index (κ3) is 4.99. The van der Waals surface area contributed by atoms with Gasteiger partial charge in [0.15, 0.2) is 0 Å². The maximum absolute atomic E-state index is 12.3. The number of nitrogens with one attached hydrogen (secondary N) is 2. The zero-order valence-electron chi connectivity index (χ0n) is 14.0. The fraction of sp³-hybridized carbons (Fsp3) is 0.111. The van der Waals surface area contributed by atoms with Gasteiger partial charge in [-0.25, -0.2) is 4.98 Å². The number of hydrogen-bond donors (Lipinski definition) is 3. The Balaban J connectivity index is 1.58. The highest BCUT2D eigenvalue weighted by molar-refractivity contribution is 7.17. The molecule has 2 heterocycles. The molecule has 27 heavy (non-hydrogen) atoms. The van der Waals surface area contributed by atoms with E-state index in [2.05, 4.69) is 15.6 Å². The van der Waals surface area contributed by atoms with Crippen LogP contribution in [-0.2, 0) is 4.79 Å². The van der Waals surface area contributed by atoms with E-state index in [-0.39, 0.29) is 24.8 Å². The molecule has 0 unspecified atom stereocenters. The first-order valence-corrected chi connectivity index (χ1v) is 9.68. The number of carbonyl (C=O) groups excluding carboxylic acids is 2. The lowest BCUT2D eigenvalue weighted by Gasteiger charge is -2.06. The molecule has 3 N–H and O–H groups in total. The number of anilines is 1. The van der Waals surface area contributed by atoms with E-state index in [4.69, 9.17) is 5.11 Å². The molecule has 0 aliphatic rings. The first kappa shape index (κ1) is 18.7. The minimum atomic E-state index is -0.974. The second-order valence-corrected chi connectivity index (χ2v) is 7.28. The molecule has 1 aromatic carbocycles. The molecule has 0 saturated heterocycles. The van der Waals surface area contributed by atoms with Crippen LogP contribution >= 0.6 is 22.7 Å². The quantitative estimate of drug-likeness (QED) is 0.563.